The maximum absolute atomic E-state index is 2.33. The first kappa shape index (κ1) is 14.3. The van der Waals surface area contributed by atoms with Crippen LogP contribution < -0.4 is 0 Å². The Hall–Kier alpha value is -2.25. The molecule has 23 heavy (non-hydrogen) atoms. The average Bonchev–Trinajstić information content (AvgIpc) is 2.55. The van der Waals surface area contributed by atoms with E-state index < -0.39 is 0 Å². The van der Waals surface area contributed by atoms with Gasteiger partial charge in [0, 0.05) is 0 Å². The summed E-state index contributed by atoms with van der Waals surface area (Å²) in [5.74, 6) is 0. The second-order valence-corrected chi connectivity index (χ2v) is 6.31. The van der Waals surface area contributed by atoms with E-state index in [-0.39, 0.29) is 13.5 Å². The van der Waals surface area contributed by atoms with Crippen LogP contribution in [0.25, 0.3) is 43.1 Å². The average molecular weight is 314 g/mol. The lowest BCUT2D eigenvalue weighted by molar-refractivity contribution is 1.40. The number of fused-ring (bicyclic) bond motifs is 2. The van der Waals surface area contributed by atoms with Crippen LogP contribution in [0.1, 0.15) is 11.1 Å². The SMILES string of the molecule is Cc1cc2cccc3c4cccc5cccc(c(c1C)c23)c54.S. The van der Waals surface area contributed by atoms with Crippen LogP contribution in [0.2, 0.25) is 0 Å². The highest BCUT2D eigenvalue weighted by atomic mass is 32.1. The Labute approximate surface area is 142 Å². The lowest BCUT2D eigenvalue weighted by Gasteiger charge is -2.17. The molecule has 0 N–H and O–H groups in total. The highest BCUT2D eigenvalue weighted by Gasteiger charge is 2.14. The summed E-state index contributed by atoms with van der Waals surface area (Å²) in [6, 6.07) is 22.4. The highest BCUT2D eigenvalue weighted by Crippen LogP contribution is 2.41. The largest absolute Gasteiger partial charge is 0.197 e. The van der Waals surface area contributed by atoms with Crippen LogP contribution in [-0.4, -0.2) is 0 Å². The highest BCUT2D eigenvalue weighted by molar-refractivity contribution is 7.59. The predicted molar refractivity (Wildman–Crippen MR) is 108 cm³/mol. The zero-order chi connectivity index (χ0) is 14.8. The molecule has 0 saturated carbocycles. The van der Waals surface area contributed by atoms with Crippen molar-refractivity contribution < 1.29 is 0 Å². The Morgan fingerprint density at radius 2 is 1.13 bits per heavy atom. The summed E-state index contributed by atoms with van der Waals surface area (Å²) in [5, 5.41) is 11.1. The van der Waals surface area contributed by atoms with E-state index in [9.17, 15) is 0 Å². The van der Waals surface area contributed by atoms with E-state index in [1.54, 1.807) is 0 Å². The zero-order valence-corrected chi connectivity index (χ0v) is 14.3. The number of rotatable bonds is 0. The van der Waals surface area contributed by atoms with Gasteiger partial charge in [-0.2, -0.15) is 13.5 Å². The molecule has 0 aromatic heterocycles. The fourth-order valence-corrected chi connectivity index (χ4v) is 4.03. The van der Waals surface area contributed by atoms with Gasteiger partial charge in [-0.3, -0.25) is 0 Å². The molecular formula is C22H18S. The third kappa shape index (κ3) is 1.74. The molecular weight excluding hydrogens is 296 g/mol. The molecule has 0 nitrogen and oxygen atoms in total. The molecule has 0 aliphatic carbocycles. The molecule has 5 aromatic carbocycles. The molecule has 0 amide bonds. The molecule has 5 rings (SSSR count). The van der Waals surface area contributed by atoms with Gasteiger partial charge in [-0.15, -0.1) is 0 Å². The summed E-state index contributed by atoms with van der Waals surface area (Å²) in [4.78, 5) is 0. The molecule has 0 heterocycles. The number of hydrogen-bond donors (Lipinski definition) is 0. The topological polar surface area (TPSA) is 0 Å². The standard InChI is InChI=1S/C22H16.H2S/c1-13-12-16-8-5-10-18-17-9-3-6-15-7-4-11-19(21(15)17)20(14(13)2)22(16)18;/h3-12H,1-2H3;1H2. The van der Waals surface area contributed by atoms with Crippen molar-refractivity contribution in [1.29, 1.82) is 0 Å². The minimum absolute atomic E-state index is 0. The van der Waals surface area contributed by atoms with Crippen LogP contribution in [0.4, 0.5) is 0 Å². The Balaban J connectivity index is 0.00000135. The third-order valence-corrected chi connectivity index (χ3v) is 5.15. The Kier molecular flexibility index (Phi) is 3.04. The summed E-state index contributed by atoms with van der Waals surface area (Å²) < 4.78 is 0. The van der Waals surface area contributed by atoms with Gasteiger partial charge in [0.05, 0.1) is 0 Å². The van der Waals surface area contributed by atoms with Gasteiger partial charge in [0.2, 0.25) is 0 Å². The van der Waals surface area contributed by atoms with Gasteiger partial charge in [0.1, 0.15) is 0 Å². The van der Waals surface area contributed by atoms with Crippen molar-refractivity contribution in [3.8, 4) is 0 Å². The molecule has 0 aliphatic heterocycles. The first-order valence-electron chi connectivity index (χ1n) is 7.81. The van der Waals surface area contributed by atoms with Crippen molar-refractivity contribution in [1.82, 2.24) is 0 Å². The smallest absolute Gasteiger partial charge is 0.00235 e. The van der Waals surface area contributed by atoms with Crippen molar-refractivity contribution >= 4 is 56.6 Å². The van der Waals surface area contributed by atoms with Crippen LogP contribution in [0.15, 0.2) is 60.7 Å². The summed E-state index contributed by atoms with van der Waals surface area (Å²) in [7, 11) is 0. The van der Waals surface area contributed by atoms with Crippen molar-refractivity contribution in [2.45, 2.75) is 13.8 Å². The Morgan fingerprint density at radius 3 is 1.83 bits per heavy atom. The van der Waals surface area contributed by atoms with Crippen molar-refractivity contribution in [2.75, 3.05) is 0 Å². The molecule has 1 heteroatoms. The molecule has 0 spiro atoms. The Morgan fingerprint density at radius 1 is 0.565 bits per heavy atom. The zero-order valence-electron chi connectivity index (χ0n) is 13.3. The Bertz CT molecular complexity index is 1180. The van der Waals surface area contributed by atoms with E-state index >= 15 is 0 Å². The quantitative estimate of drug-likeness (QED) is 0.227. The second kappa shape index (κ2) is 4.87. The monoisotopic (exact) mass is 314 g/mol. The van der Waals surface area contributed by atoms with Crippen LogP contribution in [0.3, 0.4) is 0 Å². The van der Waals surface area contributed by atoms with E-state index in [1.165, 1.54) is 54.2 Å². The van der Waals surface area contributed by atoms with Crippen LogP contribution in [0.5, 0.6) is 0 Å². The van der Waals surface area contributed by atoms with Gasteiger partial charge in [-0.1, -0.05) is 60.7 Å². The van der Waals surface area contributed by atoms with E-state index in [2.05, 4.69) is 74.5 Å². The van der Waals surface area contributed by atoms with Gasteiger partial charge in [0.15, 0.2) is 0 Å². The van der Waals surface area contributed by atoms with E-state index in [4.69, 9.17) is 0 Å². The molecule has 0 radical (unpaired) electrons. The normalized spacial score (nSPS) is 11.6. The van der Waals surface area contributed by atoms with Gasteiger partial charge < -0.3 is 0 Å². The number of aryl methyl sites for hydroxylation is 2. The van der Waals surface area contributed by atoms with Gasteiger partial charge in [-0.05, 0) is 68.1 Å². The molecule has 0 fully saturated rings. The van der Waals surface area contributed by atoms with Crippen molar-refractivity contribution in [2.24, 2.45) is 0 Å². The van der Waals surface area contributed by atoms with Crippen molar-refractivity contribution in [3.63, 3.8) is 0 Å². The van der Waals surface area contributed by atoms with Gasteiger partial charge in [-0.25, -0.2) is 0 Å². The molecule has 0 unspecified atom stereocenters. The third-order valence-electron chi connectivity index (χ3n) is 5.15. The fourth-order valence-electron chi connectivity index (χ4n) is 4.03. The molecule has 0 aliphatic rings. The predicted octanol–water partition coefficient (Wildman–Crippen LogP) is 6.47. The van der Waals surface area contributed by atoms with E-state index in [1.807, 2.05) is 0 Å². The molecule has 0 saturated heterocycles. The molecule has 112 valence electrons. The first-order valence-corrected chi connectivity index (χ1v) is 7.81. The van der Waals surface area contributed by atoms with Crippen LogP contribution >= 0.6 is 13.5 Å². The number of hydrogen-bond acceptors (Lipinski definition) is 0. The van der Waals surface area contributed by atoms with E-state index in [0.29, 0.717) is 0 Å². The lowest BCUT2D eigenvalue weighted by atomic mass is 9.86. The summed E-state index contributed by atoms with van der Waals surface area (Å²) >= 11 is 0. The summed E-state index contributed by atoms with van der Waals surface area (Å²) in [5.41, 5.74) is 2.78. The van der Waals surface area contributed by atoms with Gasteiger partial charge >= 0.3 is 0 Å². The summed E-state index contributed by atoms with van der Waals surface area (Å²) in [6.07, 6.45) is 0. The lowest BCUT2D eigenvalue weighted by Crippen LogP contribution is -1.91. The maximum Gasteiger partial charge on any atom is -0.00235 e. The van der Waals surface area contributed by atoms with Crippen LogP contribution in [0, 0.1) is 13.8 Å². The molecule has 5 aromatic rings. The second-order valence-electron chi connectivity index (χ2n) is 6.31. The van der Waals surface area contributed by atoms with Crippen LogP contribution in [-0.2, 0) is 0 Å². The molecule has 0 bridgehead atoms. The minimum Gasteiger partial charge on any atom is -0.197 e. The fraction of sp³-hybridized carbons (Fsp3) is 0.0909. The van der Waals surface area contributed by atoms with E-state index in [0.717, 1.165) is 0 Å². The number of benzene rings is 5. The molecule has 0 atom stereocenters. The summed E-state index contributed by atoms with van der Waals surface area (Å²) in [6.45, 7) is 4.48. The maximum atomic E-state index is 2.33. The first-order chi connectivity index (χ1) is 10.8. The van der Waals surface area contributed by atoms with Gasteiger partial charge in [0.25, 0.3) is 0 Å². The van der Waals surface area contributed by atoms with Crippen molar-refractivity contribution in [3.05, 3.63) is 71.8 Å². The minimum atomic E-state index is 0.